The summed E-state index contributed by atoms with van der Waals surface area (Å²) in [7, 11) is 1.76. The van der Waals surface area contributed by atoms with Gasteiger partial charge in [0.25, 0.3) is 0 Å². The van der Waals surface area contributed by atoms with Crippen molar-refractivity contribution in [3.05, 3.63) is 30.9 Å². The largest absolute Gasteiger partial charge is 0.393 e. The van der Waals surface area contributed by atoms with Crippen LogP contribution in [-0.4, -0.2) is 22.0 Å². The summed E-state index contributed by atoms with van der Waals surface area (Å²) in [5.74, 6) is 1.16. The number of hydrogen-bond acceptors (Lipinski definition) is 6. The molecule has 0 radical (unpaired) electrons. The molecule has 82 valence electrons. The third-order valence-corrected chi connectivity index (χ3v) is 2.04. The van der Waals surface area contributed by atoms with E-state index < -0.39 is 0 Å². The van der Waals surface area contributed by atoms with Gasteiger partial charge in [-0.1, -0.05) is 0 Å². The molecule has 0 spiro atoms. The van der Waals surface area contributed by atoms with Crippen molar-refractivity contribution in [2.45, 2.75) is 0 Å². The van der Waals surface area contributed by atoms with E-state index in [0.717, 1.165) is 5.69 Å². The van der Waals surface area contributed by atoms with Crippen molar-refractivity contribution in [2.75, 3.05) is 23.4 Å². The van der Waals surface area contributed by atoms with Crippen LogP contribution in [0, 0.1) is 0 Å². The molecular formula is C10H12N6. The standard InChI is InChI=1S/C10H12N6/c1-12-9-8(11)10(15-6-14-9)16-7-3-2-4-13-5-7/h2-6H,11H2,1H3,(H2,12,14,15,16). The van der Waals surface area contributed by atoms with Gasteiger partial charge in [-0.05, 0) is 12.1 Å². The molecule has 0 bridgehead atoms. The second-order valence-electron chi connectivity index (χ2n) is 3.10. The molecule has 0 aliphatic heterocycles. The van der Waals surface area contributed by atoms with Crippen molar-refractivity contribution in [1.82, 2.24) is 15.0 Å². The SMILES string of the molecule is CNc1ncnc(Nc2cccnc2)c1N. The zero-order valence-corrected chi connectivity index (χ0v) is 8.81. The summed E-state index contributed by atoms with van der Waals surface area (Å²) in [4.78, 5) is 12.1. The summed E-state index contributed by atoms with van der Waals surface area (Å²) in [6, 6.07) is 3.71. The quantitative estimate of drug-likeness (QED) is 0.715. The zero-order chi connectivity index (χ0) is 11.4. The highest BCUT2D eigenvalue weighted by molar-refractivity contribution is 5.77. The van der Waals surface area contributed by atoms with Crippen LogP contribution < -0.4 is 16.4 Å². The van der Waals surface area contributed by atoms with Crippen molar-refractivity contribution in [3.8, 4) is 0 Å². The van der Waals surface area contributed by atoms with Crippen LogP contribution in [0.4, 0.5) is 23.0 Å². The van der Waals surface area contributed by atoms with E-state index in [4.69, 9.17) is 5.73 Å². The molecule has 4 N–H and O–H groups in total. The second-order valence-corrected chi connectivity index (χ2v) is 3.10. The molecule has 6 heteroatoms. The minimum atomic E-state index is 0.480. The lowest BCUT2D eigenvalue weighted by atomic mass is 10.4. The summed E-state index contributed by atoms with van der Waals surface area (Å²) in [5, 5.41) is 5.96. The van der Waals surface area contributed by atoms with Gasteiger partial charge in [0.05, 0.1) is 11.9 Å². The first kappa shape index (κ1) is 10.2. The average Bonchev–Trinajstić information content (AvgIpc) is 2.33. The molecule has 0 saturated carbocycles. The average molecular weight is 216 g/mol. The molecule has 2 aromatic rings. The van der Waals surface area contributed by atoms with E-state index in [-0.39, 0.29) is 0 Å². The molecule has 0 saturated heterocycles. The highest BCUT2D eigenvalue weighted by Crippen LogP contribution is 2.24. The van der Waals surface area contributed by atoms with Gasteiger partial charge in [-0.15, -0.1) is 0 Å². The lowest BCUT2D eigenvalue weighted by Crippen LogP contribution is -2.04. The Morgan fingerprint density at radius 3 is 2.75 bits per heavy atom. The summed E-state index contributed by atoms with van der Waals surface area (Å²) in [6.45, 7) is 0. The van der Waals surface area contributed by atoms with Crippen molar-refractivity contribution in [2.24, 2.45) is 0 Å². The maximum absolute atomic E-state index is 5.87. The minimum absolute atomic E-state index is 0.480. The summed E-state index contributed by atoms with van der Waals surface area (Å²) in [6.07, 6.45) is 4.84. The fraction of sp³-hybridized carbons (Fsp3) is 0.100. The molecule has 6 nitrogen and oxygen atoms in total. The van der Waals surface area contributed by atoms with E-state index in [1.165, 1.54) is 6.33 Å². The fourth-order valence-electron chi connectivity index (χ4n) is 1.27. The fourth-order valence-corrected chi connectivity index (χ4v) is 1.27. The summed E-state index contributed by atoms with van der Waals surface area (Å²) >= 11 is 0. The Labute approximate surface area is 93.0 Å². The third kappa shape index (κ3) is 2.00. The Morgan fingerprint density at radius 2 is 2.06 bits per heavy atom. The summed E-state index contributed by atoms with van der Waals surface area (Å²) < 4.78 is 0. The molecule has 0 aliphatic carbocycles. The maximum atomic E-state index is 5.87. The van der Waals surface area contributed by atoms with Gasteiger partial charge in [0, 0.05) is 13.2 Å². The first-order valence-corrected chi connectivity index (χ1v) is 4.76. The van der Waals surface area contributed by atoms with Crippen LogP contribution >= 0.6 is 0 Å². The van der Waals surface area contributed by atoms with Crippen molar-refractivity contribution in [3.63, 3.8) is 0 Å². The Hall–Kier alpha value is -2.37. The van der Waals surface area contributed by atoms with Gasteiger partial charge < -0.3 is 16.4 Å². The van der Waals surface area contributed by atoms with E-state index in [1.807, 2.05) is 12.1 Å². The number of nitrogen functional groups attached to an aromatic ring is 1. The number of aromatic nitrogens is 3. The van der Waals surface area contributed by atoms with Gasteiger partial charge in [0.1, 0.15) is 12.0 Å². The lowest BCUT2D eigenvalue weighted by molar-refractivity contribution is 1.16. The predicted molar refractivity (Wildman–Crippen MR) is 63.5 cm³/mol. The van der Waals surface area contributed by atoms with Crippen LogP contribution in [-0.2, 0) is 0 Å². The molecule has 2 aromatic heterocycles. The lowest BCUT2D eigenvalue weighted by Gasteiger charge is -2.09. The minimum Gasteiger partial charge on any atom is -0.393 e. The van der Waals surface area contributed by atoms with Gasteiger partial charge in [0.15, 0.2) is 11.6 Å². The molecule has 0 amide bonds. The number of nitrogens with one attached hydrogen (secondary N) is 2. The van der Waals surface area contributed by atoms with Crippen molar-refractivity contribution >= 4 is 23.0 Å². The van der Waals surface area contributed by atoms with Crippen LogP contribution in [0.2, 0.25) is 0 Å². The van der Waals surface area contributed by atoms with Crippen LogP contribution in [0.25, 0.3) is 0 Å². The van der Waals surface area contributed by atoms with E-state index in [1.54, 1.807) is 19.4 Å². The molecule has 0 fully saturated rings. The van der Waals surface area contributed by atoms with Crippen LogP contribution in [0.15, 0.2) is 30.9 Å². The Morgan fingerprint density at radius 1 is 1.25 bits per heavy atom. The molecule has 2 rings (SSSR count). The Kier molecular flexibility index (Phi) is 2.81. The van der Waals surface area contributed by atoms with Crippen LogP contribution in [0.1, 0.15) is 0 Å². The van der Waals surface area contributed by atoms with E-state index in [9.17, 15) is 0 Å². The number of nitrogens with zero attached hydrogens (tertiary/aromatic N) is 3. The van der Waals surface area contributed by atoms with Gasteiger partial charge in [-0.3, -0.25) is 4.98 Å². The van der Waals surface area contributed by atoms with Gasteiger partial charge in [0.2, 0.25) is 0 Å². The number of nitrogens with two attached hydrogens (primary N) is 1. The molecule has 0 atom stereocenters. The zero-order valence-electron chi connectivity index (χ0n) is 8.81. The summed E-state index contributed by atoms with van der Waals surface area (Å²) in [5.41, 5.74) is 7.18. The van der Waals surface area contributed by atoms with Crippen LogP contribution in [0.3, 0.4) is 0 Å². The monoisotopic (exact) mass is 216 g/mol. The number of hydrogen-bond donors (Lipinski definition) is 3. The Bertz CT molecular complexity index is 470. The van der Waals surface area contributed by atoms with Crippen molar-refractivity contribution < 1.29 is 0 Å². The van der Waals surface area contributed by atoms with E-state index >= 15 is 0 Å². The molecule has 2 heterocycles. The third-order valence-electron chi connectivity index (χ3n) is 2.04. The van der Waals surface area contributed by atoms with Crippen LogP contribution in [0.5, 0.6) is 0 Å². The highest BCUT2D eigenvalue weighted by atomic mass is 15.1. The number of pyridine rings is 1. The molecule has 0 unspecified atom stereocenters. The maximum Gasteiger partial charge on any atom is 0.159 e. The topological polar surface area (TPSA) is 88.8 Å². The van der Waals surface area contributed by atoms with E-state index in [2.05, 4.69) is 25.6 Å². The Balaban J connectivity index is 2.28. The first-order valence-electron chi connectivity index (χ1n) is 4.76. The first-order chi connectivity index (χ1) is 7.81. The highest BCUT2D eigenvalue weighted by Gasteiger charge is 2.06. The number of rotatable bonds is 3. The van der Waals surface area contributed by atoms with Gasteiger partial charge in [-0.2, -0.15) is 0 Å². The van der Waals surface area contributed by atoms with Gasteiger partial charge in [-0.25, -0.2) is 9.97 Å². The van der Waals surface area contributed by atoms with Crippen molar-refractivity contribution in [1.29, 1.82) is 0 Å². The normalized spacial score (nSPS) is 9.81. The van der Waals surface area contributed by atoms with E-state index in [0.29, 0.717) is 17.3 Å². The molecule has 16 heavy (non-hydrogen) atoms. The smallest absolute Gasteiger partial charge is 0.159 e. The molecule has 0 aromatic carbocycles. The molecular weight excluding hydrogens is 204 g/mol. The second kappa shape index (κ2) is 4.43. The molecule has 0 aliphatic rings. The number of anilines is 4. The van der Waals surface area contributed by atoms with Gasteiger partial charge >= 0.3 is 0 Å². The predicted octanol–water partition coefficient (Wildman–Crippen LogP) is 1.24.